The van der Waals surface area contributed by atoms with Crippen LogP contribution in [0, 0.1) is 6.92 Å². The van der Waals surface area contributed by atoms with Gasteiger partial charge in [-0.1, -0.05) is 17.7 Å². The van der Waals surface area contributed by atoms with Gasteiger partial charge < -0.3 is 15.4 Å². The SMILES string of the molecule is Cc1ccc(OC(F)F)c(CNC2=NCCCN2)c1.I. The first-order valence-electron chi connectivity index (χ1n) is 6.21. The summed E-state index contributed by atoms with van der Waals surface area (Å²) in [6.07, 6.45) is 1.01. The Morgan fingerprint density at radius 1 is 1.45 bits per heavy atom. The fourth-order valence-electron chi connectivity index (χ4n) is 1.89. The summed E-state index contributed by atoms with van der Waals surface area (Å²) in [5.74, 6) is 0.903. The second-order valence-corrected chi connectivity index (χ2v) is 4.35. The average Bonchev–Trinajstić information content (AvgIpc) is 2.40. The molecule has 1 heterocycles. The van der Waals surface area contributed by atoms with Crippen molar-refractivity contribution in [1.82, 2.24) is 10.6 Å². The van der Waals surface area contributed by atoms with Crippen LogP contribution in [0.4, 0.5) is 8.78 Å². The standard InChI is InChI=1S/C13H17F2N3O.HI/c1-9-3-4-11(19-12(14)15)10(7-9)8-18-13-16-5-2-6-17-13;/h3-4,7,12H,2,5-6,8H2,1H3,(H2,16,17,18);1H. The first-order chi connectivity index (χ1) is 9.15. The van der Waals surface area contributed by atoms with E-state index in [9.17, 15) is 8.78 Å². The van der Waals surface area contributed by atoms with Gasteiger partial charge in [0.25, 0.3) is 0 Å². The van der Waals surface area contributed by atoms with Crippen LogP contribution in [0.2, 0.25) is 0 Å². The molecule has 4 nitrogen and oxygen atoms in total. The summed E-state index contributed by atoms with van der Waals surface area (Å²) in [6.45, 7) is 1.15. The Balaban J connectivity index is 0.00000200. The normalized spacial score (nSPS) is 14.1. The third-order valence-electron chi connectivity index (χ3n) is 2.78. The van der Waals surface area contributed by atoms with E-state index in [-0.39, 0.29) is 29.7 Å². The highest BCUT2D eigenvalue weighted by Gasteiger charge is 2.11. The number of guanidine groups is 1. The third-order valence-corrected chi connectivity index (χ3v) is 2.78. The van der Waals surface area contributed by atoms with Crippen molar-refractivity contribution in [2.24, 2.45) is 4.99 Å². The fraction of sp³-hybridized carbons (Fsp3) is 0.462. The van der Waals surface area contributed by atoms with E-state index in [2.05, 4.69) is 20.4 Å². The lowest BCUT2D eigenvalue weighted by Gasteiger charge is -2.17. The number of hydrogen-bond donors (Lipinski definition) is 2. The molecule has 1 aromatic carbocycles. The van der Waals surface area contributed by atoms with Crippen LogP contribution in [0.1, 0.15) is 17.5 Å². The van der Waals surface area contributed by atoms with Crippen molar-refractivity contribution < 1.29 is 13.5 Å². The molecule has 2 N–H and O–H groups in total. The van der Waals surface area contributed by atoms with Gasteiger partial charge in [0.2, 0.25) is 0 Å². The van der Waals surface area contributed by atoms with Crippen LogP contribution in [-0.2, 0) is 6.54 Å². The van der Waals surface area contributed by atoms with Crippen LogP contribution in [0.15, 0.2) is 23.2 Å². The van der Waals surface area contributed by atoms with Gasteiger partial charge in [0.05, 0.1) is 0 Å². The van der Waals surface area contributed by atoms with E-state index in [0.29, 0.717) is 18.1 Å². The molecule has 0 aliphatic carbocycles. The Morgan fingerprint density at radius 2 is 2.25 bits per heavy atom. The Labute approximate surface area is 134 Å². The maximum Gasteiger partial charge on any atom is 0.387 e. The highest BCUT2D eigenvalue weighted by molar-refractivity contribution is 14.0. The van der Waals surface area contributed by atoms with Gasteiger partial charge in [0.15, 0.2) is 5.96 Å². The molecule has 0 unspecified atom stereocenters. The van der Waals surface area contributed by atoms with Crippen molar-refractivity contribution in [3.63, 3.8) is 0 Å². The van der Waals surface area contributed by atoms with Crippen LogP contribution >= 0.6 is 24.0 Å². The first kappa shape index (κ1) is 16.9. The zero-order valence-electron chi connectivity index (χ0n) is 11.2. The quantitative estimate of drug-likeness (QED) is 0.769. The number of nitrogens with one attached hydrogen (secondary N) is 2. The molecule has 1 aliphatic heterocycles. The van der Waals surface area contributed by atoms with Gasteiger partial charge >= 0.3 is 6.61 Å². The monoisotopic (exact) mass is 397 g/mol. The Kier molecular flexibility index (Phi) is 6.97. The molecule has 0 saturated carbocycles. The summed E-state index contributed by atoms with van der Waals surface area (Å²) in [5.41, 5.74) is 1.69. The largest absolute Gasteiger partial charge is 0.434 e. The Morgan fingerprint density at radius 3 is 2.90 bits per heavy atom. The van der Waals surface area contributed by atoms with Crippen LogP contribution in [0.25, 0.3) is 0 Å². The van der Waals surface area contributed by atoms with Crippen LogP contribution in [0.3, 0.4) is 0 Å². The molecule has 0 radical (unpaired) electrons. The van der Waals surface area contributed by atoms with Gasteiger partial charge in [-0.15, -0.1) is 24.0 Å². The highest BCUT2D eigenvalue weighted by atomic mass is 127. The summed E-state index contributed by atoms with van der Waals surface area (Å²) >= 11 is 0. The van der Waals surface area contributed by atoms with E-state index >= 15 is 0 Å². The molecule has 0 amide bonds. The summed E-state index contributed by atoms with van der Waals surface area (Å²) in [7, 11) is 0. The molecule has 0 aromatic heterocycles. The van der Waals surface area contributed by atoms with Crippen LogP contribution in [0.5, 0.6) is 5.75 Å². The van der Waals surface area contributed by atoms with Crippen molar-refractivity contribution in [2.45, 2.75) is 26.5 Å². The average molecular weight is 397 g/mol. The fourth-order valence-corrected chi connectivity index (χ4v) is 1.89. The number of benzene rings is 1. The number of alkyl halides is 2. The van der Waals surface area contributed by atoms with E-state index in [0.717, 1.165) is 25.1 Å². The molecule has 0 spiro atoms. The van der Waals surface area contributed by atoms with Crippen molar-refractivity contribution >= 4 is 29.9 Å². The van der Waals surface area contributed by atoms with Crippen molar-refractivity contribution in [3.8, 4) is 5.75 Å². The summed E-state index contributed by atoms with van der Waals surface area (Å²) in [6, 6.07) is 5.14. The predicted octanol–water partition coefficient (Wildman–Crippen LogP) is 2.65. The topological polar surface area (TPSA) is 45.6 Å². The summed E-state index contributed by atoms with van der Waals surface area (Å²) < 4.78 is 29.1. The van der Waals surface area contributed by atoms with Crippen molar-refractivity contribution in [2.75, 3.05) is 13.1 Å². The number of ether oxygens (including phenoxy) is 1. The molecule has 0 saturated heterocycles. The van der Waals surface area contributed by atoms with E-state index in [4.69, 9.17) is 0 Å². The Bertz CT molecular complexity index is 469. The van der Waals surface area contributed by atoms with Gasteiger partial charge in [-0.25, -0.2) is 0 Å². The zero-order valence-corrected chi connectivity index (χ0v) is 13.5. The zero-order chi connectivity index (χ0) is 13.7. The van der Waals surface area contributed by atoms with E-state index in [1.807, 2.05) is 13.0 Å². The molecule has 0 fully saturated rings. The number of halogens is 3. The highest BCUT2D eigenvalue weighted by Crippen LogP contribution is 2.21. The Hall–Kier alpha value is -1.12. The number of hydrogen-bond acceptors (Lipinski definition) is 4. The van der Waals surface area contributed by atoms with Gasteiger partial charge in [0.1, 0.15) is 5.75 Å². The molecular weight excluding hydrogens is 379 g/mol. The molecule has 1 aromatic rings. The smallest absolute Gasteiger partial charge is 0.387 e. The lowest BCUT2D eigenvalue weighted by Crippen LogP contribution is -2.40. The molecular formula is C13H18F2IN3O. The third kappa shape index (κ3) is 5.10. The predicted molar refractivity (Wildman–Crippen MR) is 85.0 cm³/mol. The lowest BCUT2D eigenvalue weighted by molar-refractivity contribution is -0.0504. The first-order valence-corrected chi connectivity index (χ1v) is 6.21. The minimum absolute atomic E-state index is 0. The van der Waals surface area contributed by atoms with Gasteiger partial charge in [-0.3, -0.25) is 4.99 Å². The number of aliphatic imine (C=N–C) groups is 1. The van der Waals surface area contributed by atoms with Crippen LogP contribution in [-0.4, -0.2) is 25.7 Å². The molecule has 112 valence electrons. The maximum atomic E-state index is 12.3. The minimum Gasteiger partial charge on any atom is -0.434 e. The molecule has 20 heavy (non-hydrogen) atoms. The van der Waals surface area contributed by atoms with Gasteiger partial charge in [-0.2, -0.15) is 8.78 Å². The maximum absolute atomic E-state index is 12.3. The number of rotatable bonds is 4. The second-order valence-electron chi connectivity index (χ2n) is 4.35. The summed E-state index contributed by atoms with van der Waals surface area (Å²) in [4.78, 5) is 4.26. The summed E-state index contributed by atoms with van der Waals surface area (Å²) in [5, 5.41) is 6.21. The number of nitrogens with zero attached hydrogens (tertiary/aromatic N) is 1. The second kappa shape index (κ2) is 8.23. The molecule has 0 bridgehead atoms. The molecule has 1 aliphatic rings. The lowest BCUT2D eigenvalue weighted by atomic mass is 10.1. The minimum atomic E-state index is -2.81. The molecule has 2 rings (SSSR count). The van der Waals surface area contributed by atoms with Crippen molar-refractivity contribution in [3.05, 3.63) is 29.3 Å². The number of aryl methyl sites for hydroxylation is 1. The van der Waals surface area contributed by atoms with Gasteiger partial charge in [0, 0.05) is 25.2 Å². The van der Waals surface area contributed by atoms with Gasteiger partial charge in [-0.05, 0) is 19.4 Å². The molecule has 7 heteroatoms. The van der Waals surface area contributed by atoms with Crippen molar-refractivity contribution in [1.29, 1.82) is 0 Å². The molecule has 0 atom stereocenters. The van der Waals surface area contributed by atoms with E-state index in [1.54, 1.807) is 12.1 Å². The van der Waals surface area contributed by atoms with E-state index in [1.165, 1.54) is 0 Å². The van der Waals surface area contributed by atoms with E-state index < -0.39 is 6.61 Å². The van der Waals surface area contributed by atoms with Crippen LogP contribution < -0.4 is 15.4 Å².